The van der Waals surface area contributed by atoms with Crippen molar-refractivity contribution in [1.82, 2.24) is 20.9 Å². The Labute approximate surface area is 147 Å². The predicted molar refractivity (Wildman–Crippen MR) is 99.9 cm³/mol. The van der Waals surface area contributed by atoms with Crippen molar-refractivity contribution in [2.75, 3.05) is 26.2 Å². The van der Waals surface area contributed by atoms with Gasteiger partial charge in [-0.3, -0.25) is 0 Å². The van der Waals surface area contributed by atoms with E-state index in [0.717, 1.165) is 34.8 Å². The molecule has 0 aliphatic carbocycles. The van der Waals surface area contributed by atoms with Crippen molar-refractivity contribution in [3.05, 3.63) is 0 Å². The summed E-state index contributed by atoms with van der Waals surface area (Å²) in [6.45, 7) is 4.29. The number of hydrogen-bond acceptors (Lipinski definition) is 6. The van der Waals surface area contributed by atoms with E-state index in [-0.39, 0.29) is 0 Å². The van der Waals surface area contributed by atoms with Crippen molar-refractivity contribution in [2.45, 2.75) is 25.7 Å². The third-order valence-corrected chi connectivity index (χ3v) is 18.1. The fourth-order valence-corrected chi connectivity index (χ4v) is 19.3. The molecule has 2 fully saturated rings. The van der Waals surface area contributed by atoms with Gasteiger partial charge in [0.1, 0.15) is 0 Å². The van der Waals surface area contributed by atoms with Crippen molar-refractivity contribution in [2.24, 2.45) is 0 Å². The van der Waals surface area contributed by atoms with Crippen LogP contribution in [0.2, 0.25) is 0 Å². The average Bonchev–Trinajstić information content (AvgIpc) is 3.01. The van der Waals surface area contributed by atoms with Crippen molar-refractivity contribution < 1.29 is 0 Å². The summed E-state index contributed by atoms with van der Waals surface area (Å²) in [5, 5.41) is 4.35. The van der Waals surface area contributed by atoms with Crippen LogP contribution in [0.15, 0.2) is 0 Å². The Morgan fingerprint density at radius 1 is 0.850 bits per heavy atom. The van der Waals surface area contributed by atoms with Crippen LogP contribution in [0.25, 0.3) is 0 Å². The minimum absolute atomic E-state index is 0.793. The summed E-state index contributed by atoms with van der Waals surface area (Å²) in [5.74, 6) is 0. The molecule has 4 nitrogen and oxygen atoms in total. The first kappa shape index (κ1) is 17.9. The van der Waals surface area contributed by atoms with Gasteiger partial charge in [-0.25, -0.2) is 0 Å². The van der Waals surface area contributed by atoms with E-state index in [9.17, 15) is 0 Å². The van der Waals surface area contributed by atoms with Gasteiger partial charge in [0.15, 0.2) is 0 Å². The summed E-state index contributed by atoms with van der Waals surface area (Å²) in [5.41, 5.74) is 6.52. The average molecular weight is 480 g/mol. The van der Waals surface area contributed by atoms with E-state index < -0.39 is 16.3 Å². The first-order chi connectivity index (χ1) is 9.63. The molecule has 2 rings (SSSR count). The van der Waals surface area contributed by atoms with Crippen molar-refractivity contribution >= 4 is 75.9 Å². The second-order valence-electron chi connectivity index (χ2n) is 4.58. The van der Waals surface area contributed by atoms with Crippen LogP contribution in [-0.4, -0.2) is 61.1 Å². The van der Waals surface area contributed by atoms with Gasteiger partial charge in [0, 0.05) is 0 Å². The molecule has 2 heterocycles. The van der Waals surface area contributed by atoms with Crippen molar-refractivity contribution in [3.8, 4) is 0 Å². The number of nitrogens with zero attached hydrogens (tertiary/aromatic N) is 2. The maximum atomic E-state index is 6.46. The van der Waals surface area contributed by atoms with Gasteiger partial charge < -0.3 is 0 Å². The number of hydrazine groups is 2. The molecule has 0 saturated carbocycles. The number of rotatable bonds is 4. The summed E-state index contributed by atoms with van der Waals surface area (Å²) in [4.78, 5) is 0. The molecule has 0 radical (unpaired) electrons. The molecule has 114 valence electrons. The Bertz CT molecular complexity index is 318. The molecule has 0 bridgehead atoms. The van der Waals surface area contributed by atoms with Gasteiger partial charge in [-0.1, -0.05) is 0 Å². The first-order valence-corrected chi connectivity index (χ1v) is 18.4. The number of thiocarbonyl (C=S) groups is 2. The SMILES string of the molecule is S=C(NN1CCCC1)[S][Sb]([Cl])[S]C(=S)NN1CCCC1. The molecule has 20 heavy (non-hydrogen) atoms. The zero-order valence-corrected chi connectivity index (χ0v) is 17.6. The van der Waals surface area contributed by atoms with Crippen LogP contribution in [0, 0.1) is 0 Å². The molecule has 2 aliphatic rings. The molecule has 2 N–H and O–H groups in total. The Morgan fingerprint density at radius 2 is 1.20 bits per heavy atom. The standard InChI is InChI=1S/2C5H10N2S2.ClH.Sb/c2*8-5(9)6-7-3-1-2-4-7;;/h2*1-4H2,(H2,6,8,9);1H;/q;;;+3/p-3. The Morgan fingerprint density at radius 3 is 1.55 bits per heavy atom. The first-order valence-electron chi connectivity index (χ1n) is 6.56. The topological polar surface area (TPSA) is 30.5 Å². The molecular formula is C10H18ClN4S4Sb. The second-order valence-corrected chi connectivity index (χ2v) is 22.8. The van der Waals surface area contributed by atoms with Crippen molar-refractivity contribution in [3.63, 3.8) is 0 Å². The van der Waals surface area contributed by atoms with E-state index in [0.29, 0.717) is 0 Å². The Hall–Kier alpha value is 1.51. The number of nitrogens with one attached hydrogen (secondary N) is 2. The molecule has 2 aliphatic heterocycles. The molecule has 0 aromatic carbocycles. The van der Waals surface area contributed by atoms with Crippen LogP contribution in [-0.2, 0) is 0 Å². The summed E-state index contributed by atoms with van der Waals surface area (Å²) < 4.78 is 1.59. The summed E-state index contributed by atoms with van der Waals surface area (Å²) in [6, 6.07) is 0. The van der Waals surface area contributed by atoms with Gasteiger partial charge in [-0.15, -0.1) is 0 Å². The fourth-order valence-electron chi connectivity index (χ4n) is 2.11. The molecule has 10 heteroatoms. The van der Waals surface area contributed by atoms with Gasteiger partial charge in [0.05, 0.1) is 0 Å². The van der Waals surface area contributed by atoms with Gasteiger partial charge in [-0.2, -0.15) is 0 Å². The zero-order chi connectivity index (χ0) is 14.4. The van der Waals surface area contributed by atoms with Gasteiger partial charge >= 0.3 is 149 Å². The predicted octanol–water partition coefficient (Wildman–Crippen LogP) is 2.45. The zero-order valence-electron chi connectivity index (χ0n) is 11.0. The van der Waals surface area contributed by atoms with E-state index >= 15 is 0 Å². The van der Waals surface area contributed by atoms with E-state index in [1.165, 1.54) is 25.7 Å². The van der Waals surface area contributed by atoms with Crippen LogP contribution < -0.4 is 10.9 Å². The Kier molecular flexibility index (Phi) is 8.57. The van der Waals surface area contributed by atoms with E-state index in [1.54, 1.807) is 17.7 Å². The van der Waals surface area contributed by atoms with Crippen LogP contribution >= 0.6 is 51.0 Å². The molecule has 0 atom stereocenters. The molecule has 0 aromatic rings. The Balaban J connectivity index is 1.61. The van der Waals surface area contributed by atoms with E-state index in [1.807, 2.05) is 0 Å². The van der Waals surface area contributed by atoms with Crippen LogP contribution in [0.1, 0.15) is 25.7 Å². The third-order valence-electron chi connectivity index (χ3n) is 3.02. The third kappa shape index (κ3) is 6.73. The fraction of sp³-hybridized carbons (Fsp3) is 0.800. The van der Waals surface area contributed by atoms with E-state index in [4.69, 9.17) is 33.3 Å². The molecular weight excluding hydrogens is 462 g/mol. The molecule has 0 amide bonds. The second kappa shape index (κ2) is 9.60. The summed E-state index contributed by atoms with van der Waals surface area (Å²) >= 11 is 8.66. The molecule has 0 spiro atoms. The van der Waals surface area contributed by atoms with Crippen molar-refractivity contribution in [1.29, 1.82) is 0 Å². The van der Waals surface area contributed by atoms with Gasteiger partial charge in [0.25, 0.3) is 0 Å². The van der Waals surface area contributed by atoms with E-state index in [2.05, 4.69) is 20.9 Å². The molecule has 2 saturated heterocycles. The van der Waals surface area contributed by atoms with Crippen LogP contribution in [0.5, 0.6) is 0 Å². The number of hydrogen-bond donors (Lipinski definition) is 2. The van der Waals surface area contributed by atoms with Crippen LogP contribution in [0.4, 0.5) is 0 Å². The van der Waals surface area contributed by atoms with Gasteiger partial charge in [0.2, 0.25) is 0 Å². The molecule has 0 unspecified atom stereocenters. The maximum absolute atomic E-state index is 6.46. The normalized spacial score (nSPS) is 20.5. The quantitative estimate of drug-likeness (QED) is 0.470. The summed E-state index contributed by atoms with van der Waals surface area (Å²) in [7, 11) is 9.69. The molecule has 0 aromatic heterocycles. The van der Waals surface area contributed by atoms with Gasteiger partial charge in [-0.05, 0) is 0 Å². The number of halogens is 1. The minimum atomic E-state index is -2.04. The van der Waals surface area contributed by atoms with Crippen LogP contribution in [0.3, 0.4) is 0 Å². The summed E-state index contributed by atoms with van der Waals surface area (Å²) in [6.07, 6.45) is 4.96. The monoisotopic (exact) mass is 478 g/mol.